The van der Waals surface area contributed by atoms with Crippen molar-refractivity contribution in [1.29, 1.82) is 0 Å². The summed E-state index contributed by atoms with van der Waals surface area (Å²) in [5, 5.41) is 0. The molecule has 0 bridgehead atoms. The van der Waals surface area contributed by atoms with Crippen molar-refractivity contribution in [3.8, 4) is 0 Å². The molecule has 3 heteroatoms. The smallest absolute Gasteiger partial charge is 0.222 e. The van der Waals surface area contributed by atoms with Crippen LogP contribution in [-0.4, -0.2) is 41.9 Å². The molecule has 1 atom stereocenters. The summed E-state index contributed by atoms with van der Waals surface area (Å²) in [5.41, 5.74) is 2.90. The summed E-state index contributed by atoms with van der Waals surface area (Å²) in [6.07, 6.45) is 2.78. The number of benzene rings is 1. The van der Waals surface area contributed by atoms with E-state index in [1.54, 1.807) is 0 Å². The lowest BCUT2D eigenvalue weighted by atomic mass is 9.91. The van der Waals surface area contributed by atoms with Crippen LogP contribution in [0.5, 0.6) is 0 Å². The van der Waals surface area contributed by atoms with Crippen LogP contribution in [0.15, 0.2) is 24.3 Å². The lowest BCUT2D eigenvalue weighted by Crippen LogP contribution is -2.52. The summed E-state index contributed by atoms with van der Waals surface area (Å²) < 4.78 is 0. The first kappa shape index (κ1) is 12.7. The van der Waals surface area contributed by atoms with Crippen LogP contribution >= 0.6 is 0 Å². The molecule has 3 rings (SSSR count). The van der Waals surface area contributed by atoms with Crippen molar-refractivity contribution in [2.24, 2.45) is 0 Å². The van der Waals surface area contributed by atoms with Gasteiger partial charge in [-0.2, -0.15) is 0 Å². The van der Waals surface area contributed by atoms with E-state index in [9.17, 15) is 4.79 Å². The summed E-state index contributed by atoms with van der Waals surface area (Å²) in [5.74, 6) is 0.324. The summed E-state index contributed by atoms with van der Waals surface area (Å²) in [7, 11) is 0. The molecule has 0 radical (unpaired) electrons. The molecule has 1 fully saturated rings. The zero-order valence-electron chi connectivity index (χ0n) is 11.6. The van der Waals surface area contributed by atoms with Crippen LogP contribution in [0.2, 0.25) is 0 Å². The quantitative estimate of drug-likeness (QED) is 0.812. The molecule has 102 valence electrons. The Balaban J connectivity index is 1.80. The van der Waals surface area contributed by atoms with Gasteiger partial charge in [0.2, 0.25) is 5.91 Å². The minimum atomic E-state index is 0.324. The molecule has 0 aromatic heterocycles. The molecule has 2 aliphatic rings. The predicted octanol–water partition coefficient (Wildman–Crippen LogP) is 2.23. The van der Waals surface area contributed by atoms with E-state index in [0.29, 0.717) is 18.4 Å². The van der Waals surface area contributed by atoms with Crippen LogP contribution in [-0.2, 0) is 11.2 Å². The number of amides is 1. The van der Waals surface area contributed by atoms with Gasteiger partial charge in [-0.25, -0.2) is 0 Å². The highest BCUT2D eigenvalue weighted by Crippen LogP contribution is 2.32. The fourth-order valence-corrected chi connectivity index (χ4v) is 3.33. The zero-order chi connectivity index (χ0) is 13.2. The molecule has 19 heavy (non-hydrogen) atoms. The third-order valence-corrected chi connectivity index (χ3v) is 4.39. The molecular weight excluding hydrogens is 236 g/mol. The van der Waals surface area contributed by atoms with Crippen LogP contribution < -0.4 is 0 Å². The van der Waals surface area contributed by atoms with Crippen molar-refractivity contribution in [2.45, 2.75) is 32.2 Å². The van der Waals surface area contributed by atoms with E-state index in [0.717, 1.165) is 39.0 Å². The van der Waals surface area contributed by atoms with Gasteiger partial charge in [-0.1, -0.05) is 31.2 Å². The van der Waals surface area contributed by atoms with E-state index in [1.165, 1.54) is 11.1 Å². The minimum Gasteiger partial charge on any atom is -0.339 e. The number of fused-ring (bicyclic) bond motifs is 3. The van der Waals surface area contributed by atoms with Gasteiger partial charge in [0, 0.05) is 32.6 Å². The lowest BCUT2D eigenvalue weighted by Gasteiger charge is -2.45. The first-order chi connectivity index (χ1) is 9.29. The number of hydrogen-bond donors (Lipinski definition) is 0. The van der Waals surface area contributed by atoms with E-state index in [-0.39, 0.29) is 0 Å². The Hall–Kier alpha value is -1.35. The minimum absolute atomic E-state index is 0.324. The molecule has 3 nitrogen and oxygen atoms in total. The fraction of sp³-hybridized carbons (Fsp3) is 0.562. The van der Waals surface area contributed by atoms with Crippen LogP contribution in [0.25, 0.3) is 0 Å². The summed E-state index contributed by atoms with van der Waals surface area (Å²) in [6.45, 7) is 6.00. The predicted molar refractivity (Wildman–Crippen MR) is 75.9 cm³/mol. The Morgan fingerprint density at radius 2 is 2.11 bits per heavy atom. The Morgan fingerprint density at radius 1 is 1.26 bits per heavy atom. The highest BCUT2D eigenvalue weighted by atomic mass is 16.2. The second-order valence-electron chi connectivity index (χ2n) is 5.59. The molecule has 0 saturated carbocycles. The van der Waals surface area contributed by atoms with Crippen LogP contribution in [0, 0.1) is 0 Å². The zero-order valence-corrected chi connectivity index (χ0v) is 11.6. The van der Waals surface area contributed by atoms with Gasteiger partial charge in [0.1, 0.15) is 0 Å². The number of carbonyl (C=O) groups excluding carboxylic acids is 1. The maximum absolute atomic E-state index is 12.1. The molecule has 0 spiro atoms. The van der Waals surface area contributed by atoms with Crippen molar-refractivity contribution in [3.63, 3.8) is 0 Å². The first-order valence-corrected chi connectivity index (χ1v) is 7.39. The monoisotopic (exact) mass is 258 g/mol. The standard InChI is InChI=1S/C16H22N2O/c1-2-5-16(19)18-11-10-17-9-8-13-6-3-4-7-14(13)15(17)12-18/h3-4,6-7,15H,2,5,8-12H2,1H3. The largest absolute Gasteiger partial charge is 0.339 e. The average Bonchev–Trinajstić information content (AvgIpc) is 2.47. The number of piperazine rings is 1. The number of rotatable bonds is 2. The molecule has 2 heterocycles. The van der Waals surface area contributed by atoms with E-state index < -0.39 is 0 Å². The molecule has 1 amide bonds. The van der Waals surface area contributed by atoms with Crippen molar-refractivity contribution in [1.82, 2.24) is 9.80 Å². The van der Waals surface area contributed by atoms with Crippen LogP contribution in [0.1, 0.15) is 36.9 Å². The van der Waals surface area contributed by atoms with Gasteiger partial charge in [-0.3, -0.25) is 9.69 Å². The Bertz CT molecular complexity index is 472. The summed E-state index contributed by atoms with van der Waals surface area (Å²) >= 11 is 0. The highest BCUT2D eigenvalue weighted by molar-refractivity contribution is 5.76. The van der Waals surface area contributed by atoms with Crippen molar-refractivity contribution in [3.05, 3.63) is 35.4 Å². The molecule has 0 aliphatic carbocycles. The Labute approximate surface area is 115 Å². The van der Waals surface area contributed by atoms with Gasteiger partial charge in [-0.15, -0.1) is 0 Å². The second kappa shape index (κ2) is 5.33. The third-order valence-electron chi connectivity index (χ3n) is 4.39. The summed E-state index contributed by atoms with van der Waals surface area (Å²) in [6, 6.07) is 9.13. The van der Waals surface area contributed by atoms with E-state index >= 15 is 0 Å². The van der Waals surface area contributed by atoms with Gasteiger partial charge < -0.3 is 4.90 Å². The number of carbonyl (C=O) groups is 1. The SMILES string of the molecule is CCCC(=O)N1CCN2CCc3ccccc3C2C1. The van der Waals surface area contributed by atoms with Gasteiger partial charge >= 0.3 is 0 Å². The van der Waals surface area contributed by atoms with Crippen molar-refractivity contribution in [2.75, 3.05) is 26.2 Å². The molecular formula is C16H22N2O. The molecule has 1 saturated heterocycles. The molecule has 1 unspecified atom stereocenters. The third kappa shape index (κ3) is 2.39. The topological polar surface area (TPSA) is 23.6 Å². The van der Waals surface area contributed by atoms with Gasteiger partial charge in [0.15, 0.2) is 0 Å². The van der Waals surface area contributed by atoms with E-state index in [1.807, 2.05) is 0 Å². The van der Waals surface area contributed by atoms with Crippen molar-refractivity contribution < 1.29 is 4.79 Å². The number of hydrogen-bond acceptors (Lipinski definition) is 2. The van der Waals surface area contributed by atoms with E-state index in [4.69, 9.17) is 0 Å². The second-order valence-corrected chi connectivity index (χ2v) is 5.59. The molecule has 1 aromatic rings. The van der Waals surface area contributed by atoms with Crippen LogP contribution in [0.4, 0.5) is 0 Å². The lowest BCUT2D eigenvalue weighted by molar-refractivity contribution is -0.134. The normalized spacial score (nSPS) is 22.8. The van der Waals surface area contributed by atoms with Gasteiger partial charge in [0.25, 0.3) is 0 Å². The Kier molecular flexibility index (Phi) is 3.56. The van der Waals surface area contributed by atoms with Crippen LogP contribution in [0.3, 0.4) is 0 Å². The highest BCUT2D eigenvalue weighted by Gasteiger charge is 2.33. The fourth-order valence-electron chi connectivity index (χ4n) is 3.33. The number of nitrogens with zero attached hydrogens (tertiary/aromatic N) is 2. The average molecular weight is 258 g/mol. The van der Waals surface area contributed by atoms with Gasteiger partial charge in [-0.05, 0) is 24.0 Å². The first-order valence-electron chi connectivity index (χ1n) is 7.39. The van der Waals surface area contributed by atoms with E-state index in [2.05, 4.69) is 41.0 Å². The van der Waals surface area contributed by atoms with Crippen molar-refractivity contribution >= 4 is 5.91 Å². The molecule has 1 aromatic carbocycles. The van der Waals surface area contributed by atoms with Gasteiger partial charge in [0.05, 0.1) is 6.04 Å². The summed E-state index contributed by atoms with van der Waals surface area (Å²) in [4.78, 5) is 16.7. The molecule has 0 N–H and O–H groups in total. The maximum Gasteiger partial charge on any atom is 0.222 e. The maximum atomic E-state index is 12.1. The Morgan fingerprint density at radius 3 is 2.95 bits per heavy atom. The molecule has 2 aliphatic heterocycles.